The van der Waals surface area contributed by atoms with Crippen molar-refractivity contribution in [2.45, 2.75) is 43.9 Å². The van der Waals surface area contributed by atoms with Gasteiger partial charge in [0.05, 0.1) is 20.3 Å². The van der Waals surface area contributed by atoms with E-state index in [2.05, 4.69) is 10.2 Å². The van der Waals surface area contributed by atoms with Gasteiger partial charge in [0, 0.05) is 42.4 Å². The fourth-order valence-corrected chi connectivity index (χ4v) is 6.88. The lowest BCUT2D eigenvalue weighted by Crippen LogP contribution is -2.80. The highest BCUT2D eigenvalue weighted by atomic mass is 16.5. The predicted octanol–water partition coefficient (Wildman–Crippen LogP) is 1.70. The van der Waals surface area contributed by atoms with Gasteiger partial charge >= 0.3 is 5.97 Å². The van der Waals surface area contributed by atoms with Crippen molar-refractivity contribution in [2.75, 3.05) is 32.6 Å². The lowest BCUT2D eigenvalue weighted by atomic mass is 9.47. The third kappa shape index (κ3) is 2.20. The molecular formula is C22H28N2O5. The van der Waals surface area contributed by atoms with E-state index in [-0.39, 0.29) is 29.6 Å². The van der Waals surface area contributed by atoms with Crippen LogP contribution in [0.2, 0.25) is 0 Å². The number of nitrogens with one attached hydrogen (secondary N) is 1. The number of Topliss-reactive ketones (excluding diaryl/α,β-unsaturated/α-hetero) is 1. The molecular weight excluding hydrogens is 372 g/mol. The lowest BCUT2D eigenvalue weighted by Gasteiger charge is -2.67. The van der Waals surface area contributed by atoms with Crippen LogP contribution in [0.3, 0.4) is 0 Å². The van der Waals surface area contributed by atoms with Gasteiger partial charge in [-0.05, 0) is 44.2 Å². The first kappa shape index (κ1) is 18.9. The summed E-state index contributed by atoms with van der Waals surface area (Å²) in [5.74, 6) is 0.466. The number of hydrogen-bond acceptors (Lipinski definition) is 7. The third-order valence-electron chi connectivity index (χ3n) is 7.92. The van der Waals surface area contributed by atoms with Gasteiger partial charge in [0.15, 0.2) is 5.78 Å². The Hall–Kier alpha value is -2.12. The number of rotatable bonds is 3. The Balaban J connectivity index is 1.69. The highest BCUT2D eigenvalue weighted by Crippen LogP contribution is 2.62. The average molecular weight is 400 g/mol. The van der Waals surface area contributed by atoms with Crippen molar-refractivity contribution >= 4 is 17.4 Å². The minimum Gasteiger partial charge on any atom is -0.497 e. The van der Waals surface area contributed by atoms with Crippen molar-refractivity contribution in [3.05, 3.63) is 23.8 Å². The zero-order chi connectivity index (χ0) is 20.6. The summed E-state index contributed by atoms with van der Waals surface area (Å²) in [5.41, 5.74) is -0.771. The second-order valence-corrected chi connectivity index (χ2v) is 9.13. The summed E-state index contributed by atoms with van der Waals surface area (Å²) in [4.78, 5) is 29.7. The quantitative estimate of drug-likeness (QED) is 0.747. The van der Waals surface area contributed by atoms with Gasteiger partial charge in [0.2, 0.25) is 0 Å². The van der Waals surface area contributed by atoms with Crippen LogP contribution in [0.1, 0.15) is 36.5 Å². The summed E-state index contributed by atoms with van der Waals surface area (Å²) in [6.07, 6.45) is 1.47. The van der Waals surface area contributed by atoms with Crippen molar-refractivity contribution in [2.24, 2.45) is 17.3 Å². The molecule has 1 aliphatic carbocycles. The molecule has 5 aliphatic rings. The minimum absolute atomic E-state index is 0.0444. The summed E-state index contributed by atoms with van der Waals surface area (Å²) in [6, 6.07) is 5.17. The van der Waals surface area contributed by atoms with E-state index in [1.807, 2.05) is 6.07 Å². The Morgan fingerprint density at radius 3 is 2.86 bits per heavy atom. The number of esters is 1. The van der Waals surface area contributed by atoms with E-state index in [9.17, 15) is 14.7 Å². The molecule has 4 fully saturated rings. The predicted molar refractivity (Wildman–Crippen MR) is 106 cm³/mol. The van der Waals surface area contributed by atoms with Crippen LogP contribution < -0.4 is 10.1 Å². The van der Waals surface area contributed by atoms with Crippen LogP contribution in [-0.2, 0) is 9.53 Å². The smallest absolute Gasteiger partial charge is 0.316 e. The molecule has 1 spiro atoms. The van der Waals surface area contributed by atoms with E-state index < -0.39 is 17.1 Å². The van der Waals surface area contributed by atoms with Crippen molar-refractivity contribution in [1.29, 1.82) is 0 Å². The fraction of sp³-hybridized carbons (Fsp3) is 0.636. The molecule has 7 nitrogen and oxygen atoms in total. The molecule has 4 bridgehead atoms. The largest absolute Gasteiger partial charge is 0.497 e. The Bertz CT molecular complexity index is 886. The lowest BCUT2D eigenvalue weighted by molar-refractivity contribution is -0.200. The molecule has 1 aromatic rings. The molecule has 0 amide bonds. The second kappa shape index (κ2) is 6.19. The fourth-order valence-electron chi connectivity index (χ4n) is 6.88. The van der Waals surface area contributed by atoms with Gasteiger partial charge in [-0.2, -0.15) is 0 Å². The van der Waals surface area contributed by atoms with Crippen LogP contribution in [0.4, 0.5) is 5.69 Å². The van der Waals surface area contributed by atoms with Gasteiger partial charge in [-0.15, -0.1) is 0 Å². The van der Waals surface area contributed by atoms with Crippen LogP contribution >= 0.6 is 0 Å². The number of carbonyl (C=O) groups excluding carboxylic acids is 2. The normalized spacial score (nSPS) is 40.3. The van der Waals surface area contributed by atoms with E-state index in [0.29, 0.717) is 36.4 Å². The van der Waals surface area contributed by atoms with Crippen molar-refractivity contribution in [3.8, 4) is 5.75 Å². The number of ether oxygens (including phenoxy) is 2. The number of anilines is 1. The first-order chi connectivity index (χ1) is 13.9. The minimum atomic E-state index is -1.05. The second-order valence-electron chi connectivity index (χ2n) is 9.13. The molecule has 3 saturated heterocycles. The summed E-state index contributed by atoms with van der Waals surface area (Å²) >= 11 is 0. The summed E-state index contributed by atoms with van der Waals surface area (Å²) in [5, 5.41) is 14.1. The zero-order valence-corrected chi connectivity index (χ0v) is 17.1. The van der Waals surface area contributed by atoms with Crippen LogP contribution in [0.25, 0.3) is 0 Å². The highest BCUT2D eigenvalue weighted by Gasteiger charge is 2.75. The molecule has 29 heavy (non-hydrogen) atoms. The van der Waals surface area contributed by atoms with E-state index >= 15 is 0 Å². The number of aliphatic hydroxyl groups excluding tert-OH is 1. The maximum Gasteiger partial charge on any atom is 0.316 e. The molecule has 156 valence electrons. The SMILES string of the molecule is COC(=O)[C@@]12C[C@@H]3C[C@H]([C@@H](C)O)C1N(CC[C@]21Nc2cc(OC)ccc2C1=O)C3. The topological polar surface area (TPSA) is 88.1 Å². The molecule has 0 radical (unpaired) electrons. The van der Waals surface area contributed by atoms with Gasteiger partial charge in [0.25, 0.3) is 0 Å². The Morgan fingerprint density at radius 2 is 2.17 bits per heavy atom. The molecule has 6 rings (SSSR count). The van der Waals surface area contributed by atoms with Crippen molar-refractivity contribution < 1.29 is 24.2 Å². The maximum absolute atomic E-state index is 13.9. The number of aliphatic hydroxyl groups is 1. The summed E-state index contributed by atoms with van der Waals surface area (Å²) in [7, 11) is 3.00. The number of carbonyl (C=O) groups is 2. The Labute approximate surface area is 170 Å². The van der Waals surface area contributed by atoms with Crippen LogP contribution in [-0.4, -0.2) is 66.8 Å². The van der Waals surface area contributed by atoms with Crippen molar-refractivity contribution in [3.63, 3.8) is 0 Å². The molecule has 1 aromatic carbocycles. The van der Waals surface area contributed by atoms with Gasteiger partial charge in [-0.3, -0.25) is 14.5 Å². The van der Waals surface area contributed by atoms with E-state index in [1.54, 1.807) is 26.2 Å². The first-order valence-electron chi connectivity index (χ1n) is 10.4. The van der Waals surface area contributed by atoms with Crippen LogP contribution in [0, 0.1) is 17.3 Å². The van der Waals surface area contributed by atoms with Crippen LogP contribution in [0.15, 0.2) is 18.2 Å². The molecule has 7 heteroatoms. The van der Waals surface area contributed by atoms with Gasteiger partial charge in [-0.25, -0.2) is 0 Å². The number of methoxy groups -OCH3 is 2. The molecule has 4 heterocycles. The average Bonchev–Trinajstić information content (AvgIpc) is 3.02. The van der Waals surface area contributed by atoms with Gasteiger partial charge in [0.1, 0.15) is 16.7 Å². The van der Waals surface area contributed by atoms with E-state index in [4.69, 9.17) is 9.47 Å². The van der Waals surface area contributed by atoms with E-state index in [0.717, 1.165) is 13.0 Å². The van der Waals surface area contributed by atoms with E-state index in [1.165, 1.54) is 7.11 Å². The monoisotopic (exact) mass is 400 g/mol. The molecule has 2 unspecified atom stereocenters. The number of piperidine rings is 3. The Morgan fingerprint density at radius 1 is 1.38 bits per heavy atom. The molecule has 0 aromatic heterocycles. The first-order valence-corrected chi connectivity index (χ1v) is 10.4. The zero-order valence-electron chi connectivity index (χ0n) is 17.1. The van der Waals surface area contributed by atoms with Crippen molar-refractivity contribution in [1.82, 2.24) is 4.90 Å². The summed E-state index contributed by atoms with van der Waals surface area (Å²) in [6.45, 7) is 3.42. The highest BCUT2D eigenvalue weighted by molar-refractivity contribution is 6.16. The molecule has 7 atom stereocenters. The number of fused-ring (bicyclic) bond motifs is 2. The molecule has 1 saturated carbocycles. The number of hydrogen-bond donors (Lipinski definition) is 2. The van der Waals surface area contributed by atoms with Crippen LogP contribution in [0.5, 0.6) is 5.75 Å². The molecule has 2 N–H and O–H groups in total. The third-order valence-corrected chi connectivity index (χ3v) is 7.92. The number of ketones is 1. The number of nitrogens with zero attached hydrogens (tertiary/aromatic N) is 1. The van der Waals surface area contributed by atoms with Gasteiger partial charge < -0.3 is 19.9 Å². The maximum atomic E-state index is 13.9. The molecule has 4 aliphatic heterocycles. The standard InChI is InChI=1S/C22H28N2O5/c1-12(25)16-8-13-10-21(20(27)29-3)18(16)24(11-13)7-6-22(21)19(26)15-5-4-14(28-2)9-17(15)23-22/h4-5,9,12-13,16,18,23,25H,6-8,10-11H2,1-3H3/t12-,13+,16-,18?,21-,22-/m1/s1. The Kier molecular flexibility index (Phi) is 4.03. The number of benzene rings is 1. The van der Waals surface area contributed by atoms with Gasteiger partial charge in [-0.1, -0.05) is 0 Å². The summed E-state index contributed by atoms with van der Waals surface area (Å²) < 4.78 is 10.7.